The Hall–Kier alpha value is -0.660. The first-order valence-corrected chi connectivity index (χ1v) is 7.20. The lowest BCUT2D eigenvalue weighted by atomic mass is 10.4. The van der Waals surface area contributed by atoms with Crippen molar-refractivity contribution >= 4 is 21.6 Å². The van der Waals surface area contributed by atoms with E-state index in [4.69, 9.17) is 16.7 Å². The Morgan fingerprint density at radius 3 is 2.72 bits per heavy atom. The van der Waals surface area contributed by atoms with Gasteiger partial charge in [0.05, 0.1) is 17.7 Å². The van der Waals surface area contributed by atoms with E-state index >= 15 is 0 Å². The molecule has 0 aliphatic heterocycles. The monoisotopic (exact) mass is 292 g/mol. The molecule has 0 saturated carbocycles. The van der Waals surface area contributed by atoms with E-state index in [9.17, 15) is 13.5 Å². The van der Waals surface area contributed by atoms with Crippen LogP contribution in [0.5, 0.6) is 0 Å². The molecular weight excluding hydrogens is 278 g/mol. The smallest absolute Gasteiger partial charge is 0.244 e. The number of aliphatic hydroxyl groups is 2. The maximum atomic E-state index is 12.3. The average molecular weight is 293 g/mol. The second-order valence-corrected chi connectivity index (χ2v) is 5.96. The van der Waals surface area contributed by atoms with Crippen molar-refractivity contribution < 1.29 is 18.6 Å². The summed E-state index contributed by atoms with van der Waals surface area (Å²) in [4.78, 5) is -0.0568. The minimum absolute atomic E-state index is 0.0568. The maximum Gasteiger partial charge on any atom is 0.244 e. The normalized spacial score (nSPS) is 13.8. The Morgan fingerprint density at radius 2 is 2.22 bits per heavy atom. The third-order valence-corrected chi connectivity index (χ3v) is 4.79. The Morgan fingerprint density at radius 1 is 1.56 bits per heavy atom. The maximum absolute atomic E-state index is 12.3. The molecular formula is C11H15ClNO4S. The van der Waals surface area contributed by atoms with Crippen molar-refractivity contribution in [2.24, 2.45) is 0 Å². The first kappa shape index (κ1) is 15.4. The van der Waals surface area contributed by atoms with E-state index in [0.717, 1.165) is 4.31 Å². The summed E-state index contributed by atoms with van der Waals surface area (Å²) in [6.45, 7) is 1.13. The van der Waals surface area contributed by atoms with E-state index in [1.807, 2.05) is 0 Å². The Kier molecular flexibility index (Phi) is 5.55. The lowest BCUT2D eigenvalue weighted by Crippen LogP contribution is -2.38. The van der Waals surface area contributed by atoms with Crippen LogP contribution in [0.2, 0.25) is 5.02 Å². The summed E-state index contributed by atoms with van der Waals surface area (Å²) in [5.74, 6) is 0. The van der Waals surface area contributed by atoms with Gasteiger partial charge in [0.15, 0.2) is 0 Å². The molecule has 0 heterocycles. The van der Waals surface area contributed by atoms with Gasteiger partial charge in [-0.2, -0.15) is 4.31 Å². The second kappa shape index (κ2) is 6.49. The van der Waals surface area contributed by atoms with E-state index in [-0.39, 0.29) is 23.0 Å². The summed E-state index contributed by atoms with van der Waals surface area (Å²) in [7, 11) is -3.79. The second-order valence-electron chi connectivity index (χ2n) is 3.65. The van der Waals surface area contributed by atoms with Crippen LogP contribution < -0.4 is 0 Å². The number of rotatable bonds is 6. The molecule has 0 amide bonds. The Balaban J connectivity index is 3.08. The van der Waals surface area contributed by atoms with Gasteiger partial charge in [0.2, 0.25) is 10.0 Å². The molecule has 101 valence electrons. The van der Waals surface area contributed by atoms with Crippen molar-refractivity contribution in [1.82, 2.24) is 4.31 Å². The van der Waals surface area contributed by atoms with E-state index in [1.54, 1.807) is 6.92 Å². The zero-order chi connectivity index (χ0) is 13.8. The molecule has 1 radical (unpaired) electrons. The molecule has 1 aromatic carbocycles. The van der Waals surface area contributed by atoms with Crippen LogP contribution in [0.25, 0.3) is 0 Å². The highest BCUT2D eigenvalue weighted by Crippen LogP contribution is 2.23. The zero-order valence-electron chi connectivity index (χ0n) is 9.88. The fraction of sp³-hybridized carbons (Fsp3) is 0.455. The van der Waals surface area contributed by atoms with Gasteiger partial charge in [0, 0.05) is 13.1 Å². The van der Waals surface area contributed by atoms with E-state index in [1.165, 1.54) is 18.2 Å². The van der Waals surface area contributed by atoms with E-state index in [2.05, 4.69) is 6.07 Å². The number of nitrogens with zero attached hydrogens (tertiary/aromatic N) is 1. The summed E-state index contributed by atoms with van der Waals surface area (Å²) < 4.78 is 25.6. The quantitative estimate of drug-likeness (QED) is 0.800. The number of benzene rings is 1. The number of halogens is 1. The van der Waals surface area contributed by atoms with Gasteiger partial charge in [0.1, 0.15) is 4.90 Å². The molecule has 7 heteroatoms. The van der Waals surface area contributed by atoms with Crippen molar-refractivity contribution in [3.63, 3.8) is 0 Å². The van der Waals surface area contributed by atoms with Gasteiger partial charge in [-0.05, 0) is 18.2 Å². The van der Waals surface area contributed by atoms with Gasteiger partial charge < -0.3 is 10.2 Å². The van der Waals surface area contributed by atoms with Gasteiger partial charge in [-0.25, -0.2) is 8.42 Å². The van der Waals surface area contributed by atoms with Crippen molar-refractivity contribution in [3.05, 3.63) is 29.3 Å². The molecule has 0 saturated heterocycles. The average Bonchev–Trinajstić information content (AvgIpc) is 2.35. The predicted molar refractivity (Wildman–Crippen MR) is 67.8 cm³/mol. The minimum atomic E-state index is -3.79. The summed E-state index contributed by atoms with van der Waals surface area (Å²) in [5, 5.41) is 18.2. The summed E-state index contributed by atoms with van der Waals surface area (Å²) in [6.07, 6.45) is -1.12. The largest absolute Gasteiger partial charge is 0.394 e. The van der Waals surface area contributed by atoms with Crippen LogP contribution in [0.1, 0.15) is 6.92 Å². The van der Waals surface area contributed by atoms with Crippen LogP contribution in [0.3, 0.4) is 0 Å². The Bertz CT molecular complexity index is 492. The molecule has 18 heavy (non-hydrogen) atoms. The molecule has 0 spiro atoms. The van der Waals surface area contributed by atoms with Crippen LogP contribution in [-0.4, -0.2) is 48.7 Å². The van der Waals surface area contributed by atoms with E-state index < -0.39 is 22.7 Å². The number of hydrogen-bond donors (Lipinski definition) is 2. The highest BCUT2D eigenvalue weighted by atomic mass is 35.5. The molecule has 0 aromatic heterocycles. The molecule has 1 atom stereocenters. The van der Waals surface area contributed by atoms with Crippen molar-refractivity contribution in [2.75, 3.05) is 19.7 Å². The van der Waals surface area contributed by atoms with Crippen LogP contribution in [0.4, 0.5) is 0 Å². The molecule has 1 aromatic rings. The minimum Gasteiger partial charge on any atom is -0.394 e. The van der Waals surface area contributed by atoms with Gasteiger partial charge in [-0.15, -0.1) is 0 Å². The fourth-order valence-electron chi connectivity index (χ4n) is 1.42. The topological polar surface area (TPSA) is 77.8 Å². The fourth-order valence-corrected chi connectivity index (χ4v) is 3.35. The van der Waals surface area contributed by atoms with Gasteiger partial charge >= 0.3 is 0 Å². The zero-order valence-corrected chi connectivity index (χ0v) is 11.4. The SMILES string of the molecule is CCN(CC(O)CO)S(=O)(=O)c1c[c]ccc1Cl. The molecule has 0 bridgehead atoms. The molecule has 0 aliphatic carbocycles. The molecule has 2 N–H and O–H groups in total. The summed E-state index contributed by atoms with van der Waals surface area (Å²) in [6, 6.07) is 6.88. The predicted octanol–water partition coefficient (Wildman–Crippen LogP) is 0.504. The summed E-state index contributed by atoms with van der Waals surface area (Å²) in [5.41, 5.74) is 0. The van der Waals surface area contributed by atoms with Crippen LogP contribution in [0.15, 0.2) is 23.1 Å². The van der Waals surface area contributed by atoms with Crippen LogP contribution >= 0.6 is 11.6 Å². The molecule has 0 fully saturated rings. The van der Waals surface area contributed by atoms with Crippen molar-refractivity contribution in [1.29, 1.82) is 0 Å². The molecule has 1 rings (SSSR count). The number of sulfonamides is 1. The van der Waals surface area contributed by atoms with Gasteiger partial charge in [0.25, 0.3) is 0 Å². The molecule has 0 aliphatic rings. The van der Waals surface area contributed by atoms with Crippen molar-refractivity contribution in [3.8, 4) is 0 Å². The highest BCUT2D eigenvalue weighted by Gasteiger charge is 2.26. The number of likely N-dealkylation sites (N-methyl/N-ethyl adjacent to an activating group) is 1. The Labute approximate surface area is 112 Å². The highest BCUT2D eigenvalue weighted by molar-refractivity contribution is 7.89. The lowest BCUT2D eigenvalue weighted by molar-refractivity contribution is 0.0795. The lowest BCUT2D eigenvalue weighted by Gasteiger charge is -2.22. The van der Waals surface area contributed by atoms with Gasteiger partial charge in [-0.1, -0.05) is 24.6 Å². The third-order valence-electron chi connectivity index (χ3n) is 2.37. The third kappa shape index (κ3) is 3.43. The first-order chi connectivity index (χ1) is 8.43. The molecule has 1 unspecified atom stereocenters. The van der Waals surface area contributed by atoms with Crippen molar-refractivity contribution in [2.45, 2.75) is 17.9 Å². The standard InChI is InChI=1S/C11H15ClNO4S/c1-2-13(7-9(15)8-14)18(16,17)11-6-4-3-5-10(11)12/h3,5-6,9,14-15H,2,7-8H2,1H3. The number of aliphatic hydroxyl groups excluding tert-OH is 2. The first-order valence-electron chi connectivity index (χ1n) is 5.38. The van der Waals surface area contributed by atoms with E-state index in [0.29, 0.717) is 0 Å². The van der Waals surface area contributed by atoms with Gasteiger partial charge in [-0.3, -0.25) is 0 Å². The number of hydrogen-bond acceptors (Lipinski definition) is 4. The molecule has 5 nitrogen and oxygen atoms in total. The summed E-state index contributed by atoms with van der Waals surface area (Å²) >= 11 is 5.84. The van der Waals surface area contributed by atoms with Crippen LogP contribution in [0, 0.1) is 6.07 Å². The van der Waals surface area contributed by atoms with Crippen LogP contribution in [-0.2, 0) is 10.0 Å².